The van der Waals surface area contributed by atoms with Crippen molar-refractivity contribution in [3.05, 3.63) is 24.2 Å². The number of epoxide rings is 1. The SMILES string of the molecule is CC1(C)C(=O)CC2OC3CC21C(C)(O)C1CCC2(C)C(c4ccoc4)OC(=O)C4OC42C31C. The van der Waals surface area contributed by atoms with E-state index >= 15 is 0 Å². The lowest BCUT2D eigenvalue weighted by molar-refractivity contribution is -0.264. The number of fused-ring (bicyclic) bond motifs is 3. The standard InChI is InChI=1S/C26H32O7/c1-21(2)15(27)10-16-25(21)11-17(31-16)23(4)14(24(25,5)29)6-8-22(3)18(13-7-9-30-12-13)32-20(28)19-26(22,23)33-19/h7,9,12,14,16-19,29H,6,8,10-11H2,1-5H3. The van der Waals surface area contributed by atoms with Crippen LogP contribution in [-0.4, -0.2) is 46.4 Å². The highest BCUT2D eigenvalue weighted by Gasteiger charge is 2.91. The van der Waals surface area contributed by atoms with E-state index in [9.17, 15) is 14.7 Å². The van der Waals surface area contributed by atoms with Gasteiger partial charge in [0, 0.05) is 33.6 Å². The number of rotatable bonds is 1. The zero-order chi connectivity index (χ0) is 23.4. The summed E-state index contributed by atoms with van der Waals surface area (Å²) >= 11 is 0. The highest BCUT2D eigenvalue weighted by Crippen LogP contribution is 2.82. The Bertz CT molecular complexity index is 1090. The van der Waals surface area contributed by atoms with E-state index in [1.54, 1.807) is 12.5 Å². The Morgan fingerprint density at radius 1 is 1.06 bits per heavy atom. The molecule has 0 radical (unpaired) electrons. The van der Waals surface area contributed by atoms with Gasteiger partial charge in [0.2, 0.25) is 0 Å². The first-order chi connectivity index (χ1) is 15.4. The number of aliphatic hydroxyl groups is 1. The molecule has 7 heteroatoms. The van der Waals surface area contributed by atoms with Crippen LogP contribution < -0.4 is 0 Å². The zero-order valence-corrected chi connectivity index (χ0v) is 19.8. The van der Waals surface area contributed by atoms with Crippen molar-refractivity contribution in [3.63, 3.8) is 0 Å². The Labute approximate surface area is 193 Å². The molecule has 1 aromatic rings. The van der Waals surface area contributed by atoms with Crippen LogP contribution in [0.1, 0.15) is 72.0 Å². The molecule has 178 valence electrons. The Morgan fingerprint density at radius 2 is 1.82 bits per heavy atom. The van der Waals surface area contributed by atoms with Gasteiger partial charge in [-0.3, -0.25) is 4.79 Å². The van der Waals surface area contributed by atoms with E-state index < -0.39 is 45.1 Å². The fourth-order valence-corrected chi connectivity index (χ4v) is 10.0. The molecule has 3 aliphatic carbocycles. The van der Waals surface area contributed by atoms with Gasteiger partial charge in [-0.1, -0.05) is 27.7 Å². The summed E-state index contributed by atoms with van der Waals surface area (Å²) < 4.78 is 24.5. The van der Waals surface area contributed by atoms with Crippen LogP contribution >= 0.6 is 0 Å². The Hall–Kier alpha value is -1.70. The first-order valence-corrected chi connectivity index (χ1v) is 12.2. The van der Waals surface area contributed by atoms with E-state index in [1.807, 2.05) is 26.8 Å². The number of ketones is 1. The number of Topliss-reactive ketones (excluding diaryl/α,β-unsaturated/α-hetero) is 1. The number of ether oxygens (including phenoxy) is 3. The van der Waals surface area contributed by atoms with E-state index in [1.165, 1.54) is 0 Å². The van der Waals surface area contributed by atoms with Gasteiger partial charge < -0.3 is 23.7 Å². The number of hydrogen-bond acceptors (Lipinski definition) is 7. The fourth-order valence-electron chi connectivity index (χ4n) is 10.0. The molecule has 3 aliphatic heterocycles. The summed E-state index contributed by atoms with van der Waals surface area (Å²) in [4.78, 5) is 26.1. The summed E-state index contributed by atoms with van der Waals surface area (Å²) in [7, 11) is 0. The normalized spacial score (nSPS) is 57.6. The van der Waals surface area contributed by atoms with Crippen molar-refractivity contribution in [2.24, 2.45) is 27.6 Å². The van der Waals surface area contributed by atoms with Gasteiger partial charge in [-0.2, -0.15) is 0 Å². The van der Waals surface area contributed by atoms with Gasteiger partial charge in [0.25, 0.3) is 0 Å². The van der Waals surface area contributed by atoms with Gasteiger partial charge in [-0.15, -0.1) is 0 Å². The van der Waals surface area contributed by atoms with Crippen molar-refractivity contribution in [2.75, 3.05) is 0 Å². The molecule has 10 atom stereocenters. The minimum Gasteiger partial charge on any atom is -0.472 e. The maximum atomic E-state index is 13.1. The van der Waals surface area contributed by atoms with E-state index in [0.717, 1.165) is 18.4 Å². The lowest BCUT2D eigenvalue weighted by Crippen LogP contribution is -2.74. The Morgan fingerprint density at radius 3 is 2.52 bits per heavy atom. The third-order valence-electron chi connectivity index (χ3n) is 11.6. The number of hydrogen-bond donors (Lipinski definition) is 1. The summed E-state index contributed by atoms with van der Waals surface area (Å²) in [6.45, 7) is 10.2. The van der Waals surface area contributed by atoms with Crippen LogP contribution in [0.5, 0.6) is 0 Å². The molecule has 2 spiro atoms. The van der Waals surface area contributed by atoms with Crippen molar-refractivity contribution in [1.29, 1.82) is 0 Å². The number of carbonyl (C=O) groups is 2. The molecule has 7 nitrogen and oxygen atoms in total. The molecule has 3 saturated heterocycles. The Kier molecular flexibility index (Phi) is 3.39. The quantitative estimate of drug-likeness (QED) is 0.511. The molecule has 6 aliphatic rings. The largest absolute Gasteiger partial charge is 0.472 e. The van der Waals surface area contributed by atoms with Crippen molar-refractivity contribution in [2.45, 2.75) is 95.9 Å². The average molecular weight is 457 g/mol. The molecular formula is C26H32O7. The van der Waals surface area contributed by atoms with E-state index in [2.05, 4.69) is 13.8 Å². The highest BCUT2D eigenvalue weighted by molar-refractivity contribution is 5.89. The van der Waals surface area contributed by atoms with Crippen LogP contribution in [0.2, 0.25) is 0 Å². The van der Waals surface area contributed by atoms with Crippen molar-refractivity contribution < 1.29 is 33.3 Å². The minimum atomic E-state index is -1.14. The van der Waals surface area contributed by atoms with Crippen LogP contribution in [0, 0.1) is 27.6 Å². The molecule has 1 aromatic heterocycles. The molecule has 33 heavy (non-hydrogen) atoms. The average Bonchev–Trinajstić information content (AvgIpc) is 3.04. The van der Waals surface area contributed by atoms with E-state index in [4.69, 9.17) is 18.6 Å². The third-order valence-corrected chi connectivity index (χ3v) is 11.6. The second kappa shape index (κ2) is 5.42. The molecule has 3 saturated carbocycles. The molecule has 7 rings (SSSR count). The maximum Gasteiger partial charge on any atom is 0.339 e. The van der Waals surface area contributed by atoms with Crippen LogP contribution in [0.15, 0.2) is 23.0 Å². The number of cyclic esters (lactones) is 1. The summed E-state index contributed by atoms with van der Waals surface area (Å²) in [5, 5.41) is 12.4. The number of esters is 1. The third kappa shape index (κ3) is 1.76. The van der Waals surface area contributed by atoms with Gasteiger partial charge in [0.1, 0.15) is 17.5 Å². The van der Waals surface area contributed by atoms with Crippen LogP contribution in [0.4, 0.5) is 0 Å². The topological polar surface area (TPSA) is 98.5 Å². The number of carbonyl (C=O) groups excluding carboxylic acids is 2. The van der Waals surface area contributed by atoms with E-state index in [-0.39, 0.29) is 29.9 Å². The van der Waals surface area contributed by atoms with Gasteiger partial charge in [-0.05, 0) is 38.2 Å². The summed E-state index contributed by atoms with van der Waals surface area (Å²) in [6.07, 6.45) is 3.96. The van der Waals surface area contributed by atoms with Crippen molar-refractivity contribution in [1.82, 2.24) is 0 Å². The van der Waals surface area contributed by atoms with Gasteiger partial charge in [0.15, 0.2) is 6.10 Å². The molecule has 10 unspecified atom stereocenters. The first-order valence-electron chi connectivity index (χ1n) is 12.2. The lowest BCUT2D eigenvalue weighted by atomic mass is 9.36. The van der Waals surface area contributed by atoms with Gasteiger partial charge >= 0.3 is 5.97 Å². The molecule has 4 heterocycles. The highest BCUT2D eigenvalue weighted by atomic mass is 16.7. The van der Waals surface area contributed by atoms with Crippen LogP contribution in [0.3, 0.4) is 0 Å². The van der Waals surface area contributed by atoms with Crippen molar-refractivity contribution >= 4 is 11.8 Å². The molecule has 1 N–H and O–H groups in total. The van der Waals surface area contributed by atoms with Gasteiger partial charge in [0.05, 0.1) is 30.3 Å². The summed E-state index contributed by atoms with van der Waals surface area (Å²) in [6, 6.07) is 1.85. The minimum absolute atomic E-state index is 0.162. The van der Waals surface area contributed by atoms with Crippen LogP contribution in [0.25, 0.3) is 0 Å². The molecule has 2 bridgehead atoms. The molecule has 0 aromatic carbocycles. The second-order valence-electron chi connectivity index (χ2n) is 12.6. The monoisotopic (exact) mass is 456 g/mol. The molecule has 0 amide bonds. The summed E-state index contributed by atoms with van der Waals surface area (Å²) in [5.41, 5.74) is -3.53. The van der Waals surface area contributed by atoms with Crippen molar-refractivity contribution in [3.8, 4) is 0 Å². The van der Waals surface area contributed by atoms with E-state index in [0.29, 0.717) is 12.8 Å². The molecule has 6 fully saturated rings. The Balaban J connectivity index is 1.42. The fraction of sp³-hybridized carbons (Fsp3) is 0.769. The smallest absolute Gasteiger partial charge is 0.339 e. The molecular weight excluding hydrogens is 424 g/mol. The summed E-state index contributed by atoms with van der Waals surface area (Å²) in [5.74, 6) is -0.363. The number of furan rings is 1. The predicted octanol–water partition coefficient (Wildman–Crippen LogP) is 3.35. The van der Waals surface area contributed by atoms with Crippen LogP contribution in [-0.2, 0) is 23.8 Å². The lowest BCUT2D eigenvalue weighted by Gasteiger charge is -2.67. The second-order valence-corrected chi connectivity index (χ2v) is 12.6. The van der Waals surface area contributed by atoms with Gasteiger partial charge in [-0.25, -0.2) is 4.79 Å². The maximum absolute atomic E-state index is 13.1. The zero-order valence-electron chi connectivity index (χ0n) is 19.8. The first kappa shape index (κ1) is 20.7. The predicted molar refractivity (Wildman–Crippen MR) is 114 cm³/mol.